The van der Waals surface area contributed by atoms with Crippen LogP contribution in [0.25, 0.3) is 0 Å². The molecule has 30 heavy (non-hydrogen) atoms. The van der Waals surface area contributed by atoms with Crippen molar-refractivity contribution in [2.45, 2.75) is 26.6 Å². The van der Waals surface area contributed by atoms with Gasteiger partial charge in [-0.15, -0.1) is 0 Å². The zero-order valence-corrected chi connectivity index (χ0v) is 16.9. The van der Waals surface area contributed by atoms with Gasteiger partial charge < -0.3 is 20.7 Å². The molecule has 0 fully saturated rings. The van der Waals surface area contributed by atoms with E-state index in [1.807, 2.05) is 78.9 Å². The minimum Gasteiger partial charge on any atom is -0.457 e. The van der Waals surface area contributed by atoms with Gasteiger partial charge in [-0.1, -0.05) is 54.6 Å². The van der Waals surface area contributed by atoms with Crippen molar-refractivity contribution in [1.29, 1.82) is 0 Å². The first kappa shape index (κ1) is 20.9. The summed E-state index contributed by atoms with van der Waals surface area (Å²) >= 11 is 0. The van der Waals surface area contributed by atoms with E-state index in [-0.39, 0.29) is 11.9 Å². The Kier molecular flexibility index (Phi) is 7.44. The highest BCUT2D eigenvalue weighted by atomic mass is 16.5. The molecule has 3 rings (SSSR count). The molecule has 0 aliphatic heterocycles. The highest BCUT2D eigenvalue weighted by molar-refractivity contribution is 5.74. The lowest BCUT2D eigenvalue weighted by molar-refractivity contribution is -0.119. The van der Waals surface area contributed by atoms with Crippen LogP contribution in [0.15, 0.2) is 78.9 Å². The molecule has 3 N–H and O–H groups in total. The van der Waals surface area contributed by atoms with Gasteiger partial charge in [-0.3, -0.25) is 4.79 Å². The number of carbonyl (C=O) groups excluding carboxylic acids is 2. The monoisotopic (exact) mass is 403 g/mol. The van der Waals surface area contributed by atoms with Crippen LogP contribution in [0.2, 0.25) is 0 Å². The molecule has 0 bridgehead atoms. The van der Waals surface area contributed by atoms with Gasteiger partial charge in [0, 0.05) is 26.6 Å². The second-order valence-corrected chi connectivity index (χ2v) is 6.82. The number of carbonyl (C=O) groups is 2. The van der Waals surface area contributed by atoms with Crippen molar-refractivity contribution in [3.05, 3.63) is 95.6 Å². The normalized spacial score (nSPS) is 10.2. The summed E-state index contributed by atoms with van der Waals surface area (Å²) in [5, 5.41) is 8.45. The van der Waals surface area contributed by atoms with Crippen molar-refractivity contribution >= 4 is 11.9 Å². The number of para-hydroxylation sites is 1. The third-order valence-corrected chi connectivity index (χ3v) is 4.35. The third kappa shape index (κ3) is 6.98. The molecule has 0 radical (unpaired) electrons. The molecular weight excluding hydrogens is 378 g/mol. The zero-order valence-electron chi connectivity index (χ0n) is 16.9. The molecule has 154 valence electrons. The maximum absolute atomic E-state index is 12.1. The number of hydrogen-bond acceptors (Lipinski definition) is 3. The molecule has 0 saturated heterocycles. The molecule has 3 aromatic rings. The van der Waals surface area contributed by atoms with Gasteiger partial charge in [-0.05, 0) is 41.0 Å². The molecule has 0 saturated carbocycles. The second-order valence-electron chi connectivity index (χ2n) is 6.82. The molecule has 0 aliphatic rings. The van der Waals surface area contributed by atoms with Crippen molar-refractivity contribution in [2.24, 2.45) is 0 Å². The van der Waals surface area contributed by atoms with Crippen molar-refractivity contribution in [1.82, 2.24) is 16.0 Å². The van der Waals surface area contributed by atoms with Gasteiger partial charge in [-0.25, -0.2) is 4.79 Å². The van der Waals surface area contributed by atoms with E-state index in [1.165, 1.54) is 6.92 Å². The average molecular weight is 403 g/mol. The van der Waals surface area contributed by atoms with E-state index >= 15 is 0 Å². The van der Waals surface area contributed by atoms with Crippen LogP contribution in [0.3, 0.4) is 0 Å². The lowest BCUT2D eigenvalue weighted by Crippen LogP contribution is -2.34. The highest BCUT2D eigenvalue weighted by Crippen LogP contribution is 2.21. The van der Waals surface area contributed by atoms with E-state index in [4.69, 9.17) is 4.74 Å². The molecule has 0 unspecified atom stereocenters. The van der Waals surface area contributed by atoms with Crippen LogP contribution >= 0.6 is 0 Å². The number of rotatable bonds is 8. The Hall–Kier alpha value is -3.80. The van der Waals surface area contributed by atoms with Crippen molar-refractivity contribution in [2.75, 3.05) is 0 Å². The van der Waals surface area contributed by atoms with E-state index in [0.717, 1.165) is 28.2 Å². The van der Waals surface area contributed by atoms with Gasteiger partial charge in [0.1, 0.15) is 11.5 Å². The molecule has 3 aromatic carbocycles. The molecule has 0 spiro atoms. The lowest BCUT2D eigenvalue weighted by atomic mass is 10.1. The predicted octanol–water partition coefficient (Wildman–Crippen LogP) is 4.11. The van der Waals surface area contributed by atoms with Gasteiger partial charge in [0.05, 0.1) is 0 Å². The van der Waals surface area contributed by atoms with Gasteiger partial charge in [0.15, 0.2) is 0 Å². The second kappa shape index (κ2) is 10.7. The molecule has 6 heteroatoms. The van der Waals surface area contributed by atoms with Gasteiger partial charge in [-0.2, -0.15) is 0 Å². The first-order chi connectivity index (χ1) is 14.6. The molecule has 0 aliphatic carbocycles. The molecule has 0 atom stereocenters. The van der Waals surface area contributed by atoms with Crippen LogP contribution in [-0.2, 0) is 24.4 Å². The van der Waals surface area contributed by atoms with E-state index < -0.39 is 0 Å². The minimum atomic E-state index is -0.244. The lowest BCUT2D eigenvalue weighted by Gasteiger charge is -2.10. The van der Waals surface area contributed by atoms with Crippen molar-refractivity contribution in [3.8, 4) is 11.5 Å². The maximum atomic E-state index is 12.1. The molecule has 3 amide bonds. The number of amides is 3. The fourth-order valence-corrected chi connectivity index (χ4v) is 2.77. The summed E-state index contributed by atoms with van der Waals surface area (Å²) in [4.78, 5) is 23.1. The van der Waals surface area contributed by atoms with Gasteiger partial charge in [0.25, 0.3) is 0 Å². The Morgan fingerprint density at radius 2 is 1.23 bits per heavy atom. The van der Waals surface area contributed by atoms with Crippen LogP contribution in [0.5, 0.6) is 11.5 Å². The van der Waals surface area contributed by atoms with E-state index in [9.17, 15) is 9.59 Å². The Morgan fingerprint density at radius 3 is 1.87 bits per heavy atom. The van der Waals surface area contributed by atoms with E-state index in [1.54, 1.807) is 0 Å². The number of benzene rings is 3. The standard InChI is InChI=1S/C24H25N3O3/c1-18(28)25-15-19-10-12-20(13-11-19)16-26-24(29)27-17-21-6-5-9-23(14-21)30-22-7-3-2-4-8-22/h2-14H,15-17H2,1H3,(H,25,28)(H2,26,27,29). The van der Waals surface area contributed by atoms with E-state index in [0.29, 0.717) is 19.6 Å². The van der Waals surface area contributed by atoms with Crippen molar-refractivity contribution in [3.63, 3.8) is 0 Å². The Bertz CT molecular complexity index is 973. The smallest absolute Gasteiger partial charge is 0.315 e. The predicted molar refractivity (Wildman–Crippen MR) is 116 cm³/mol. The SMILES string of the molecule is CC(=O)NCc1ccc(CNC(=O)NCc2cccc(Oc3ccccc3)c2)cc1. The Balaban J connectivity index is 1.43. The van der Waals surface area contributed by atoms with E-state index in [2.05, 4.69) is 16.0 Å². The summed E-state index contributed by atoms with van der Waals surface area (Å²) in [6.07, 6.45) is 0. The maximum Gasteiger partial charge on any atom is 0.315 e. The fraction of sp³-hybridized carbons (Fsp3) is 0.167. The Labute approximate surface area is 176 Å². The zero-order chi connectivity index (χ0) is 21.2. The summed E-state index contributed by atoms with van der Waals surface area (Å²) < 4.78 is 5.82. The number of hydrogen-bond donors (Lipinski definition) is 3. The minimum absolute atomic E-state index is 0.0606. The first-order valence-electron chi connectivity index (χ1n) is 9.74. The van der Waals surface area contributed by atoms with Crippen LogP contribution in [-0.4, -0.2) is 11.9 Å². The van der Waals surface area contributed by atoms with Crippen LogP contribution < -0.4 is 20.7 Å². The molecular formula is C24H25N3O3. The highest BCUT2D eigenvalue weighted by Gasteiger charge is 2.03. The summed E-state index contributed by atoms with van der Waals surface area (Å²) in [6, 6.07) is 24.7. The molecule has 6 nitrogen and oxygen atoms in total. The molecule has 0 aromatic heterocycles. The summed E-state index contributed by atoms with van der Waals surface area (Å²) in [5.74, 6) is 1.43. The number of urea groups is 1. The van der Waals surface area contributed by atoms with Crippen molar-refractivity contribution < 1.29 is 14.3 Å². The topological polar surface area (TPSA) is 79.5 Å². The fourth-order valence-electron chi connectivity index (χ4n) is 2.77. The summed E-state index contributed by atoms with van der Waals surface area (Å²) in [7, 11) is 0. The van der Waals surface area contributed by atoms with Crippen LogP contribution in [0.1, 0.15) is 23.6 Å². The quantitative estimate of drug-likeness (QED) is 0.529. The molecule has 0 heterocycles. The largest absolute Gasteiger partial charge is 0.457 e. The van der Waals surface area contributed by atoms with Gasteiger partial charge in [0.2, 0.25) is 5.91 Å². The number of ether oxygens (including phenoxy) is 1. The van der Waals surface area contributed by atoms with Crippen LogP contribution in [0, 0.1) is 0 Å². The van der Waals surface area contributed by atoms with Gasteiger partial charge >= 0.3 is 6.03 Å². The third-order valence-electron chi connectivity index (χ3n) is 4.35. The summed E-state index contributed by atoms with van der Waals surface area (Å²) in [5.41, 5.74) is 2.94. The average Bonchev–Trinajstić information content (AvgIpc) is 2.76. The first-order valence-corrected chi connectivity index (χ1v) is 9.74. The summed E-state index contributed by atoms with van der Waals surface area (Å²) in [6.45, 7) is 2.80. The van der Waals surface area contributed by atoms with Crippen LogP contribution in [0.4, 0.5) is 4.79 Å². The number of nitrogens with one attached hydrogen (secondary N) is 3. The Morgan fingerprint density at radius 1 is 0.667 bits per heavy atom.